The van der Waals surface area contributed by atoms with Crippen molar-refractivity contribution in [2.75, 3.05) is 11.9 Å². The van der Waals surface area contributed by atoms with Crippen LogP contribution in [0, 0.1) is 0 Å². The second-order valence-electron chi connectivity index (χ2n) is 5.96. The van der Waals surface area contributed by atoms with Crippen LogP contribution in [-0.4, -0.2) is 32.0 Å². The Kier molecular flexibility index (Phi) is 6.91. The molecule has 2 amide bonds. The molecule has 0 unspecified atom stereocenters. The summed E-state index contributed by atoms with van der Waals surface area (Å²) in [5.74, 6) is -0.470. The lowest BCUT2D eigenvalue weighted by molar-refractivity contribution is -0.129. The summed E-state index contributed by atoms with van der Waals surface area (Å²) in [5, 5.41) is 11.1. The van der Waals surface area contributed by atoms with Crippen molar-refractivity contribution >= 4 is 27.5 Å². The van der Waals surface area contributed by atoms with Crippen LogP contribution in [0.15, 0.2) is 23.1 Å². The molecule has 4 N–H and O–H groups in total. The molecule has 1 aromatic rings. The average molecular weight is 369 g/mol. The Bertz CT molecular complexity index is 733. The summed E-state index contributed by atoms with van der Waals surface area (Å²) < 4.78 is 27.2. The Morgan fingerprint density at radius 1 is 1.16 bits per heavy atom. The minimum absolute atomic E-state index is 0.0577. The summed E-state index contributed by atoms with van der Waals surface area (Å²) in [5.41, 5.74) is 3.07. The fraction of sp³-hybridized carbons (Fsp3) is 0.500. The number of aryl methyl sites for hydroxylation is 1. The van der Waals surface area contributed by atoms with Gasteiger partial charge in [-0.25, -0.2) is 18.6 Å². The van der Waals surface area contributed by atoms with E-state index in [1.54, 1.807) is 17.6 Å². The second kappa shape index (κ2) is 8.93. The molecule has 1 aromatic carbocycles. The van der Waals surface area contributed by atoms with Crippen LogP contribution in [0.4, 0.5) is 5.69 Å². The summed E-state index contributed by atoms with van der Waals surface area (Å²) in [4.78, 5) is 22.4. The zero-order valence-electron chi connectivity index (χ0n) is 13.9. The van der Waals surface area contributed by atoms with E-state index >= 15 is 0 Å². The molecule has 138 valence electrons. The van der Waals surface area contributed by atoms with Crippen LogP contribution in [0.5, 0.6) is 0 Å². The van der Waals surface area contributed by atoms with Gasteiger partial charge in [0.05, 0.1) is 4.90 Å². The van der Waals surface area contributed by atoms with Gasteiger partial charge in [-0.05, 0) is 43.0 Å². The quantitative estimate of drug-likeness (QED) is 0.297. The maximum absolute atomic E-state index is 12.3. The second-order valence-corrected chi connectivity index (χ2v) is 7.73. The van der Waals surface area contributed by atoms with Gasteiger partial charge < -0.3 is 5.32 Å². The van der Waals surface area contributed by atoms with Gasteiger partial charge in [0.25, 0.3) is 0 Å². The van der Waals surface area contributed by atoms with E-state index in [2.05, 4.69) is 10.0 Å². The summed E-state index contributed by atoms with van der Waals surface area (Å²) in [6.45, 7) is 0.322. The molecule has 0 aliphatic carbocycles. The topological polar surface area (TPSA) is 125 Å². The molecule has 0 saturated carbocycles. The molecule has 0 saturated heterocycles. The SMILES string of the molecule is O=C(CCCCCCNS(=O)(=O)c1ccc2c(c1)CCC(=O)N2)NO. The van der Waals surface area contributed by atoms with E-state index in [-0.39, 0.29) is 17.2 Å². The Balaban J connectivity index is 1.78. The molecule has 25 heavy (non-hydrogen) atoms. The lowest BCUT2D eigenvalue weighted by atomic mass is 10.0. The molecular formula is C16H23N3O5S. The van der Waals surface area contributed by atoms with E-state index in [4.69, 9.17) is 5.21 Å². The van der Waals surface area contributed by atoms with Gasteiger partial charge in [0, 0.05) is 25.1 Å². The van der Waals surface area contributed by atoms with E-state index < -0.39 is 15.9 Å². The number of hydrogen-bond donors (Lipinski definition) is 4. The van der Waals surface area contributed by atoms with Gasteiger partial charge in [0.1, 0.15) is 0 Å². The highest BCUT2D eigenvalue weighted by atomic mass is 32.2. The van der Waals surface area contributed by atoms with Crippen LogP contribution in [0.1, 0.15) is 44.1 Å². The maximum Gasteiger partial charge on any atom is 0.243 e. The summed E-state index contributed by atoms with van der Waals surface area (Å²) >= 11 is 0. The monoisotopic (exact) mass is 369 g/mol. The van der Waals surface area contributed by atoms with E-state index in [1.165, 1.54) is 6.07 Å². The van der Waals surface area contributed by atoms with Crippen molar-refractivity contribution in [3.05, 3.63) is 23.8 Å². The van der Waals surface area contributed by atoms with E-state index in [9.17, 15) is 18.0 Å². The molecule has 0 atom stereocenters. The van der Waals surface area contributed by atoms with Crippen LogP contribution in [0.3, 0.4) is 0 Å². The normalized spacial score (nSPS) is 13.9. The number of carbonyl (C=O) groups is 2. The standard InChI is InChI=1S/C16H23N3O5S/c20-15-9-6-12-11-13(7-8-14(12)18-15)25(23,24)17-10-4-2-1-3-5-16(21)19-22/h7-8,11,17,22H,1-6,9-10H2,(H,18,20)(H,19,21). The minimum atomic E-state index is -3.58. The van der Waals surface area contributed by atoms with Crippen molar-refractivity contribution in [2.45, 2.75) is 49.8 Å². The molecule has 0 radical (unpaired) electrons. The van der Waals surface area contributed by atoms with Gasteiger partial charge in [0.15, 0.2) is 0 Å². The molecule has 9 heteroatoms. The third-order valence-corrected chi connectivity index (χ3v) is 5.49. The Morgan fingerprint density at radius 3 is 2.68 bits per heavy atom. The van der Waals surface area contributed by atoms with Gasteiger partial charge in [-0.3, -0.25) is 14.8 Å². The zero-order valence-corrected chi connectivity index (χ0v) is 14.7. The van der Waals surface area contributed by atoms with Crippen LogP contribution in [0.2, 0.25) is 0 Å². The van der Waals surface area contributed by atoms with Crippen molar-refractivity contribution in [3.8, 4) is 0 Å². The van der Waals surface area contributed by atoms with Crippen molar-refractivity contribution in [1.82, 2.24) is 10.2 Å². The fourth-order valence-electron chi connectivity index (χ4n) is 2.64. The van der Waals surface area contributed by atoms with Gasteiger partial charge in [-0.1, -0.05) is 12.8 Å². The minimum Gasteiger partial charge on any atom is -0.326 e. The molecule has 0 spiro atoms. The third kappa shape index (κ3) is 5.80. The fourth-order valence-corrected chi connectivity index (χ4v) is 3.76. The van der Waals surface area contributed by atoms with Crippen molar-refractivity contribution < 1.29 is 23.2 Å². The predicted molar refractivity (Wildman–Crippen MR) is 91.6 cm³/mol. The number of benzene rings is 1. The number of anilines is 1. The molecule has 1 aliphatic heterocycles. The highest BCUT2D eigenvalue weighted by Gasteiger charge is 2.19. The number of hydrogen-bond acceptors (Lipinski definition) is 5. The smallest absolute Gasteiger partial charge is 0.243 e. The number of hydroxylamine groups is 1. The van der Waals surface area contributed by atoms with Gasteiger partial charge in [-0.15, -0.1) is 0 Å². The van der Waals surface area contributed by atoms with Gasteiger partial charge >= 0.3 is 0 Å². The lowest BCUT2D eigenvalue weighted by Gasteiger charge is -2.17. The van der Waals surface area contributed by atoms with E-state index in [1.807, 2.05) is 0 Å². The van der Waals surface area contributed by atoms with Crippen LogP contribution >= 0.6 is 0 Å². The first-order chi connectivity index (χ1) is 11.9. The molecule has 1 aliphatic rings. The first kappa shape index (κ1) is 19.4. The highest BCUT2D eigenvalue weighted by molar-refractivity contribution is 7.89. The van der Waals surface area contributed by atoms with E-state index in [0.717, 1.165) is 18.4 Å². The molecular weight excluding hydrogens is 346 g/mol. The maximum atomic E-state index is 12.3. The van der Waals surface area contributed by atoms with Crippen molar-refractivity contribution in [3.63, 3.8) is 0 Å². The van der Waals surface area contributed by atoms with Crippen LogP contribution < -0.4 is 15.5 Å². The first-order valence-corrected chi connectivity index (χ1v) is 9.76. The summed E-state index contributed by atoms with van der Waals surface area (Å²) in [6, 6.07) is 4.71. The van der Waals surface area contributed by atoms with E-state index in [0.29, 0.717) is 37.9 Å². The Labute approximate surface area is 147 Å². The number of rotatable bonds is 9. The molecule has 1 heterocycles. The number of amides is 2. The first-order valence-electron chi connectivity index (χ1n) is 8.28. The molecule has 8 nitrogen and oxygen atoms in total. The number of nitrogens with one attached hydrogen (secondary N) is 3. The third-order valence-electron chi connectivity index (χ3n) is 4.03. The van der Waals surface area contributed by atoms with Gasteiger partial charge in [-0.2, -0.15) is 0 Å². The van der Waals surface area contributed by atoms with Gasteiger partial charge in [0.2, 0.25) is 21.8 Å². The zero-order chi connectivity index (χ0) is 18.3. The largest absolute Gasteiger partial charge is 0.326 e. The molecule has 0 aromatic heterocycles. The van der Waals surface area contributed by atoms with Crippen LogP contribution in [-0.2, 0) is 26.0 Å². The molecule has 0 bridgehead atoms. The lowest BCUT2D eigenvalue weighted by Crippen LogP contribution is -2.25. The Morgan fingerprint density at radius 2 is 1.92 bits per heavy atom. The molecule has 0 fully saturated rings. The van der Waals surface area contributed by atoms with Crippen molar-refractivity contribution in [1.29, 1.82) is 0 Å². The Hall–Kier alpha value is -1.97. The number of sulfonamides is 1. The summed E-state index contributed by atoms with van der Waals surface area (Å²) in [7, 11) is -3.58. The number of unbranched alkanes of at least 4 members (excludes halogenated alkanes) is 3. The van der Waals surface area contributed by atoms with Crippen molar-refractivity contribution in [2.24, 2.45) is 0 Å². The average Bonchev–Trinajstić information content (AvgIpc) is 2.60. The highest BCUT2D eigenvalue weighted by Crippen LogP contribution is 2.25. The van der Waals surface area contributed by atoms with Crippen LogP contribution in [0.25, 0.3) is 0 Å². The summed E-state index contributed by atoms with van der Waals surface area (Å²) in [6.07, 6.45) is 4.04. The predicted octanol–water partition coefficient (Wildman–Crippen LogP) is 1.31. The number of fused-ring (bicyclic) bond motifs is 1. The molecule has 2 rings (SSSR count). The number of carbonyl (C=O) groups excluding carboxylic acids is 2.